The SMILES string of the molecule is COC(=O)C(CCc1ccncc1)NC(=O)OC(C)(C)C. The molecule has 1 heterocycles. The van der Waals surface area contributed by atoms with E-state index in [1.807, 2.05) is 12.1 Å². The summed E-state index contributed by atoms with van der Waals surface area (Å²) >= 11 is 0. The predicted octanol–water partition coefficient (Wildman–Crippen LogP) is 2.08. The van der Waals surface area contributed by atoms with E-state index >= 15 is 0 Å². The van der Waals surface area contributed by atoms with Gasteiger partial charge in [0.05, 0.1) is 7.11 Å². The minimum atomic E-state index is -0.738. The lowest BCUT2D eigenvalue weighted by Gasteiger charge is -2.22. The van der Waals surface area contributed by atoms with Gasteiger partial charge in [-0.2, -0.15) is 0 Å². The molecule has 1 amide bonds. The summed E-state index contributed by atoms with van der Waals surface area (Å²) < 4.78 is 9.86. The summed E-state index contributed by atoms with van der Waals surface area (Å²) in [4.78, 5) is 27.4. The highest BCUT2D eigenvalue weighted by Crippen LogP contribution is 2.09. The van der Waals surface area contributed by atoms with Gasteiger partial charge in [0.1, 0.15) is 11.6 Å². The summed E-state index contributed by atoms with van der Waals surface area (Å²) in [5.41, 5.74) is 0.417. The van der Waals surface area contributed by atoms with Gasteiger partial charge in [-0.3, -0.25) is 4.98 Å². The molecule has 0 saturated carbocycles. The molecule has 0 aromatic carbocycles. The van der Waals surface area contributed by atoms with Crippen LogP contribution in [0.1, 0.15) is 32.8 Å². The van der Waals surface area contributed by atoms with Crippen LogP contribution in [0, 0.1) is 0 Å². The molecule has 6 heteroatoms. The zero-order chi connectivity index (χ0) is 15.9. The number of rotatable bonds is 5. The molecule has 0 aliphatic rings. The second kappa shape index (κ2) is 7.61. The van der Waals surface area contributed by atoms with Crippen LogP contribution in [0.15, 0.2) is 24.5 Å². The molecule has 1 N–H and O–H groups in total. The third-order valence-electron chi connectivity index (χ3n) is 2.65. The van der Waals surface area contributed by atoms with Crippen LogP contribution in [0.2, 0.25) is 0 Å². The lowest BCUT2D eigenvalue weighted by atomic mass is 10.1. The number of methoxy groups -OCH3 is 1. The van der Waals surface area contributed by atoms with E-state index < -0.39 is 23.7 Å². The highest BCUT2D eigenvalue weighted by molar-refractivity contribution is 5.81. The molecule has 0 saturated heterocycles. The van der Waals surface area contributed by atoms with Gasteiger partial charge in [-0.15, -0.1) is 0 Å². The quantitative estimate of drug-likeness (QED) is 0.841. The van der Waals surface area contributed by atoms with Crippen molar-refractivity contribution in [2.75, 3.05) is 7.11 Å². The number of ether oxygens (including phenoxy) is 2. The zero-order valence-corrected chi connectivity index (χ0v) is 12.9. The van der Waals surface area contributed by atoms with Crippen molar-refractivity contribution in [1.82, 2.24) is 10.3 Å². The topological polar surface area (TPSA) is 77.5 Å². The Bertz CT molecular complexity index is 468. The number of amides is 1. The lowest BCUT2D eigenvalue weighted by Crippen LogP contribution is -2.44. The van der Waals surface area contributed by atoms with Gasteiger partial charge in [0.25, 0.3) is 0 Å². The number of hydrogen-bond donors (Lipinski definition) is 1. The predicted molar refractivity (Wildman–Crippen MR) is 77.7 cm³/mol. The van der Waals surface area contributed by atoms with E-state index in [9.17, 15) is 9.59 Å². The molecule has 1 aromatic heterocycles. The standard InChI is InChI=1S/C15H22N2O4/c1-15(2,3)21-14(19)17-12(13(18)20-4)6-5-11-7-9-16-10-8-11/h7-10,12H,5-6H2,1-4H3,(H,17,19). The normalized spacial score (nSPS) is 12.4. The first-order valence-electron chi connectivity index (χ1n) is 6.78. The average Bonchev–Trinajstić information content (AvgIpc) is 2.41. The third kappa shape index (κ3) is 6.74. The van der Waals surface area contributed by atoms with Crippen molar-refractivity contribution >= 4 is 12.1 Å². The van der Waals surface area contributed by atoms with E-state index in [0.29, 0.717) is 12.8 Å². The number of esters is 1. The Hall–Kier alpha value is -2.11. The molecule has 21 heavy (non-hydrogen) atoms. The molecule has 1 aromatic rings. The number of pyridine rings is 1. The summed E-state index contributed by atoms with van der Waals surface area (Å²) in [6, 6.07) is 2.99. The molecule has 0 spiro atoms. The number of nitrogens with one attached hydrogen (secondary N) is 1. The van der Waals surface area contributed by atoms with Crippen molar-refractivity contribution in [3.05, 3.63) is 30.1 Å². The van der Waals surface area contributed by atoms with Crippen LogP contribution in [-0.4, -0.2) is 35.8 Å². The molecule has 0 aliphatic heterocycles. The third-order valence-corrected chi connectivity index (χ3v) is 2.65. The summed E-state index contributed by atoms with van der Waals surface area (Å²) in [6.45, 7) is 5.28. The van der Waals surface area contributed by atoms with Gasteiger partial charge in [0, 0.05) is 12.4 Å². The first-order valence-corrected chi connectivity index (χ1v) is 6.78. The van der Waals surface area contributed by atoms with Gasteiger partial charge in [0.2, 0.25) is 0 Å². The number of aryl methyl sites for hydroxylation is 1. The van der Waals surface area contributed by atoms with Crippen LogP contribution in [0.5, 0.6) is 0 Å². The maximum Gasteiger partial charge on any atom is 0.408 e. The van der Waals surface area contributed by atoms with Crippen molar-refractivity contribution in [2.45, 2.75) is 45.3 Å². The van der Waals surface area contributed by atoms with Crippen molar-refractivity contribution in [3.63, 3.8) is 0 Å². The van der Waals surface area contributed by atoms with Crippen molar-refractivity contribution in [1.29, 1.82) is 0 Å². The molecule has 6 nitrogen and oxygen atoms in total. The molecule has 1 unspecified atom stereocenters. The Morgan fingerprint density at radius 3 is 2.43 bits per heavy atom. The van der Waals surface area contributed by atoms with Crippen LogP contribution >= 0.6 is 0 Å². The summed E-state index contributed by atoms with van der Waals surface area (Å²) in [7, 11) is 1.29. The molecule has 0 aliphatic carbocycles. The molecular formula is C15H22N2O4. The first kappa shape index (κ1) is 16.9. The minimum absolute atomic E-state index is 0.427. The van der Waals surface area contributed by atoms with Crippen LogP contribution in [0.3, 0.4) is 0 Å². The fraction of sp³-hybridized carbons (Fsp3) is 0.533. The molecule has 1 atom stereocenters. The van der Waals surface area contributed by atoms with Crippen molar-refractivity contribution in [2.24, 2.45) is 0 Å². The smallest absolute Gasteiger partial charge is 0.408 e. The number of aromatic nitrogens is 1. The van der Waals surface area contributed by atoms with E-state index in [4.69, 9.17) is 9.47 Å². The largest absolute Gasteiger partial charge is 0.467 e. The number of alkyl carbamates (subject to hydrolysis) is 1. The number of carbonyl (C=O) groups is 2. The van der Waals surface area contributed by atoms with E-state index in [1.54, 1.807) is 33.2 Å². The van der Waals surface area contributed by atoms with E-state index in [2.05, 4.69) is 10.3 Å². The summed E-state index contributed by atoms with van der Waals surface area (Å²) in [5.74, 6) is -0.491. The summed E-state index contributed by atoms with van der Waals surface area (Å²) in [6.07, 6.45) is 3.79. The second-order valence-electron chi connectivity index (χ2n) is 5.62. The highest BCUT2D eigenvalue weighted by Gasteiger charge is 2.24. The maximum absolute atomic E-state index is 11.7. The Labute approximate surface area is 124 Å². The van der Waals surface area contributed by atoms with Crippen molar-refractivity contribution in [3.8, 4) is 0 Å². The van der Waals surface area contributed by atoms with Gasteiger partial charge in [-0.05, 0) is 51.3 Å². The molecule has 116 valence electrons. The minimum Gasteiger partial charge on any atom is -0.467 e. The number of carbonyl (C=O) groups excluding carboxylic acids is 2. The van der Waals surface area contributed by atoms with Gasteiger partial charge < -0.3 is 14.8 Å². The van der Waals surface area contributed by atoms with Gasteiger partial charge >= 0.3 is 12.1 Å². The Kier molecular flexibility index (Phi) is 6.14. The van der Waals surface area contributed by atoms with Gasteiger partial charge in [0.15, 0.2) is 0 Å². The fourth-order valence-electron chi connectivity index (χ4n) is 1.70. The number of hydrogen-bond acceptors (Lipinski definition) is 5. The second-order valence-corrected chi connectivity index (χ2v) is 5.62. The van der Waals surface area contributed by atoms with Crippen molar-refractivity contribution < 1.29 is 19.1 Å². The fourth-order valence-corrected chi connectivity index (χ4v) is 1.70. The maximum atomic E-state index is 11.7. The first-order chi connectivity index (χ1) is 9.81. The molecule has 0 fully saturated rings. The molecular weight excluding hydrogens is 272 g/mol. The van der Waals surface area contributed by atoms with Crippen LogP contribution < -0.4 is 5.32 Å². The molecule has 0 bridgehead atoms. The Morgan fingerprint density at radius 1 is 1.29 bits per heavy atom. The zero-order valence-electron chi connectivity index (χ0n) is 12.9. The van der Waals surface area contributed by atoms with Gasteiger partial charge in [-0.1, -0.05) is 0 Å². The molecule has 1 rings (SSSR count). The van der Waals surface area contributed by atoms with Crippen LogP contribution in [0.25, 0.3) is 0 Å². The summed E-state index contributed by atoms with van der Waals surface area (Å²) in [5, 5.41) is 2.54. The van der Waals surface area contributed by atoms with Gasteiger partial charge in [-0.25, -0.2) is 9.59 Å². The average molecular weight is 294 g/mol. The Balaban J connectivity index is 2.60. The van der Waals surface area contributed by atoms with Crippen LogP contribution in [-0.2, 0) is 20.7 Å². The lowest BCUT2D eigenvalue weighted by molar-refractivity contribution is -0.143. The monoisotopic (exact) mass is 294 g/mol. The van der Waals surface area contributed by atoms with E-state index in [1.165, 1.54) is 7.11 Å². The van der Waals surface area contributed by atoms with E-state index in [-0.39, 0.29) is 0 Å². The van der Waals surface area contributed by atoms with E-state index in [0.717, 1.165) is 5.56 Å². The molecule has 0 radical (unpaired) electrons. The Morgan fingerprint density at radius 2 is 1.90 bits per heavy atom. The number of nitrogens with zero attached hydrogens (tertiary/aromatic N) is 1. The highest BCUT2D eigenvalue weighted by atomic mass is 16.6. The van der Waals surface area contributed by atoms with Crippen LogP contribution in [0.4, 0.5) is 4.79 Å².